The summed E-state index contributed by atoms with van der Waals surface area (Å²) in [4.78, 5) is 24.7. The van der Waals surface area contributed by atoms with E-state index in [0.717, 1.165) is 5.69 Å². The number of carboxylic acids is 1. The molecule has 0 unspecified atom stereocenters. The second-order valence-electron chi connectivity index (χ2n) is 4.72. The van der Waals surface area contributed by atoms with Gasteiger partial charge in [-0.2, -0.15) is 0 Å². The zero-order valence-corrected chi connectivity index (χ0v) is 12.0. The second kappa shape index (κ2) is 7.37. The third kappa shape index (κ3) is 4.79. The molecule has 0 fully saturated rings. The molecule has 3 N–H and O–H groups in total. The van der Waals surface area contributed by atoms with Crippen LogP contribution in [0.25, 0.3) is 0 Å². The van der Waals surface area contributed by atoms with Crippen molar-refractivity contribution in [3.63, 3.8) is 0 Å². The zero-order chi connectivity index (χ0) is 15.1. The van der Waals surface area contributed by atoms with Gasteiger partial charge in [0.2, 0.25) is 0 Å². The van der Waals surface area contributed by atoms with Crippen LogP contribution in [0.4, 0.5) is 16.2 Å². The van der Waals surface area contributed by atoms with Gasteiger partial charge >= 0.3 is 12.0 Å². The van der Waals surface area contributed by atoms with Crippen molar-refractivity contribution in [1.29, 1.82) is 0 Å². The summed E-state index contributed by atoms with van der Waals surface area (Å²) in [7, 11) is 3.81. The number of hydrogen-bond donors (Lipinski definition) is 3. The number of nitrogens with zero attached hydrogens (tertiary/aromatic N) is 1. The number of hydrogen-bond acceptors (Lipinski definition) is 3. The number of carbonyl (C=O) groups excluding carboxylic acids is 1. The molecule has 0 heterocycles. The van der Waals surface area contributed by atoms with Crippen LogP contribution >= 0.6 is 0 Å². The molecule has 0 radical (unpaired) electrons. The summed E-state index contributed by atoms with van der Waals surface area (Å²) in [6, 6.07) is 5.93. The predicted octanol–water partition coefficient (Wildman–Crippen LogP) is 2.13. The van der Waals surface area contributed by atoms with E-state index in [0.29, 0.717) is 18.5 Å². The molecule has 0 aromatic heterocycles. The van der Waals surface area contributed by atoms with Crippen molar-refractivity contribution >= 4 is 23.4 Å². The molecular weight excluding hydrogens is 258 g/mol. The van der Waals surface area contributed by atoms with Gasteiger partial charge < -0.3 is 20.6 Å². The Hall–Kier alpha value is -2.24. The fourth-order valence-electron chi connectivity index (χ4n) is 1.73. The van der Waals surface area contributed by atoms with Crippen LogP contribution in [0.5, 0.6) is 0 Å². The van der Waals surface area contributed by atoms with Gasteiger partial charge in [0.25, 0.3) is 0 Å². The van der Waals surface area contributed by atoms with E-state index in [2.05, 4.69) is 10.6 Å². The Morgan fingerprint density at radius 2 is 2.05 bits per heavy atom. The Morgan fingerprint density at radius 1 is 1.35 bits per heavy atom. The summed E-state index contributed by atoms with van der Waals surface area (Å²) >= 11 is 0. The number of benzene rings is 1. The number of carboxylic acid groups (broad SMARTS) is 1. The topological polar surface area (TPSA) is 81.7 Å². The molecule has 110 valence electrons. The van der Waals surface area contributed by atoms with Gasteiger partial charge in [0.1, 0.15) is 6.04 Å². The Morgan fingerprint density at radius 3 is 2.60 bits per heavy atom. The van der Waals surface area contributed by atoms with Crippen LogP contribution in [0.3, 0.4) is 0 Å². The highest BCUT2D eigenvalue weighted by molar-refractivity contribution is 5.92. The fourth-order valence-corrected chi connectivity index (χ4v) is 1.73. The number of anilines is 2. The average Bonchev–Trinajstić information content (AvgIpc) is 2.38. The number of nitrogens with one attached hydrogen (secondary N) is 2. The number of rotatable bonds is 6. The Labute approximate surface area is 118 Å². The molecule has 0 bridgehead atoms. The van der Waals surface area contributed by atoms with Crippen molar-refractivity contribution < 1.29 is 14.7 Å². The van der Waals surface area contributed by atoms with Gasteiger partial charge in [-0.15, -0.1) is 0 Å². The first-order valence-electron chi connectivity index (χ1n) is 6.51. The molecule has 20 heavy (non-hydrogen) atoms. The molecule has 2 amide bonds. The van der Waals surface area contributed by atoms with Crippen molar-refractivity contribution in [2.24, 2.45) is 0 Å². The number of carbonyl (C=O) groups is 2. The molecule has 0 aliphatic carbocycles. The van der Waals surface area contributed by atoms with Gasteiger partial charge in [0.15, 0.2) is 0 Å². The molecule has 6 nitrogen and oxygen atoms in total. The van der Waals surface area contributed by atoms with Crippen LogP contribution in [-0.4, -0.2) is 37.2 Å². The summed E-state index contributed by atoms with van der Waals surface area (Å²) in [6.07, 6.45) is 1.09. The molecule has 1 aromatic rings. The quantitative estimate of drug-likeness (QED) is 0.745. The highest BCUT2D eigenvalue weighted by Crippen LogP contribution is 2.17. The van der Waals surface area contributed by atoms with E-state index in [1.165, 1.54) is 0 Å². The first-order chi connectivity index (χ1) is 9.43. The van der Waals surface area contributed by atoms with E-state index in [-0.39, 0.29) is 0 Å². The number of urea groups is 1. The van der Waals surface area contributed by atoms with Crippen molar-refractivity contribution in [3.05, 3.63) is 24.3 Å². The summed E-state index contributed by atoms with van der Waals surface area (Å²) < 4.78 is 0. The van der Waals surface area contributed by atoms with Crippen LogP contribution in [-0.2, 0) is 4.79 Å². The summed E-state index contributed by atoms with van der Waals surface area (Å²) in [5.41, 5.74) is 1.57. The maximum atomic E-state index is 11.8. The summed E-state index contributed by atoms with van der Waals surface area (Å²) in [5, 5.41) is 14.1. The van der Waals surface area contributed by atoms with Crippen molar-refractivity contribution in [1.82, 2.24) is 5.32 Å². The van der Waals surface area contributed by atoms with Crippen LogP contribution in [0.2, 0.25) is 0 Å². The molecule has 0 aliphatic heterocycles. The third-order valence-corrected chi connectivity index (χ3v) is 2.80. The van der Waals surface area contributed by atoms with E-state index in [1.807, 2.05) is 44.1 Å². The van der Waals surface area contributed by atoms with Crippen LogP contribution in [0.1, 0.15) is 19.8 Å². The van der Waals surface area contributed by atoms with Gasteiger partial charge in [-0.3, -0.25) is 0 Å². The van der Waals surface area contributed by atoms with Crippen LogP contribution in [0.15, 0.2) is 24.3 Å². The number of amides is 2. The SMILES string of the molecule is CCC[C@@H](NC(=O)Nc1cccc(N(C)C)c1)C(=O)O. The highest BCUT2D eigenvalue weighted by atomic mass is 16.4. The first-order valence-corrected chi connectivity index (χ1v) is 6.51. The summed E-state index contributed by atoms with van der Waals surface area (Å²) in [6.45, 7) is 1.87. The standard InChI is InChI=1S/C14H21N3O3/c1-4-6-12(13(18)19)16-14(20)15-10-7-5-8-11(9-10)17(2)3/h5,7-9,12H,4,6H2,1-3H3,(H,18,19)(H2,15,16,20)/t12-/m1/s1. The van der Waals surface area contributed by atoms with Gasteiger partial charge in [-0.25, -0.2) is 9.59 Å². The monoisotopic (exact) mass is 279 g/mol. The van der Waals surface area contributed by atoms with Crippen molar-refractivity contribution in [2.75, 3.05) is 24.3 Å². The minimum Gasteiger partial charge on any atom is -0.480 e. The minimum atomic E-state index is -1.02. The predicted molar refractivity (Wildman–Crippen MR) is 79.3 cm³/mol. The third-order valence-electron chi connectivity index (χ3n) is 2.80. The average molecular weight is 279 g/mol. The van der Waals surface area contributed by atoms with Crippen molar-refractivity contribution in [3.8, 4) is 0 Å². The number of aliphatic carboxylic acids is 1. The minimum absolute atomic E-state index is 0.403. The highest BCUT2D eigenvalue weighted by Gasteiger charge is 2.18. The Bertz CT molecular complexity index is 474. The van der Waals surface area contributed by atoms with Crippen molar-refractivity contribution in [2.45, 2.75) is 25.8 Å². The van der Waals surface area contributed by atoms with E-state index < -0.39 is 18.0 Å². The molecule has 6 heteroatoms. The smallest absolute Gasteiger partial charge is 0.326 e. The molecule has 1 rings (SSSR count). The molecule has 0 aliphatic rings. The zero-order valence-electron chi connectivity index (χ0n) is 12.0. The lowest BCUT2D eigenvalue weighted by atomic mass is 10.2. The molecule has 0 saturated heterocycles. The molecule has 1 aromatic carbocycles. The first kappa shape index (κ1) is 15.8. The lowest BCUT2D eigenvalue weighted by molar-refractivity contribution is -0.139. The normalized spacial score (nSPS) is 11.6. The molecular formula is C14H21N3O3. The maximum Gasteiger partial charge on any atom is 0.326 e. The maximum absolute atomic E-state index is 11.8. The molecule has 1 atom stereocenters. The fraction of sp³-hybridized carbons (Fsp3) is 0.429. The van der Waals surface area contributed by atoms with Crippen LogP contribution < -0.4 is 15.5 Å². The summed E-state index contributed by atoms with van der Waals surface area (Å²) in [5.74, 6) is -1.02. The molecule has 0 spiro atoms. The van der Waals surface area contributed by atoms with Gasteiger partial charge in [-0.1, -0.05) is 19.4 Å². The second-order valence-corrected chi connectivity index (χ2v) is 4.72. The van der Waals surface area contributed by atoms with Gasteiger partial charge in [-0.05, 0) is 24.6 Å². The van der Waals surface area contributed by atoms with E-state index in [1.54, 1.807) is 6.07 Å². The van der Waals surface area contributed by atoms with Gasteiger partial charge in [0.05, 0.1) is 0 Å². The van der Waals surface area contributed by atoms with Crippen LogP contribution in [0, 0.1) is 0 Å². The lowest BCUT2D eigenvalue weighted by Gasteiger charge is -2.16. The van der Waals surface area contributed by atoms with Gasteiger partial charge in [0, 0.05) is 25.5 Å². The Balaban J connectivity index is 2.65. The van der Waals surface area contributed by atoms with E-state index in [4.69, 9.17) is 5.11 Å². The Kier molecular flexibility index (Phi) is 5.83. The largest absolute Gasteiger partial charge is 0.480 e. The van der Waals surface area contributed by atoms with E-state index in [9.17, 15) is 9.59 Å². The lowest BCUT2D eigenvalue weighted by Crippen LogP contribution is -2.42. The van der Waals surface area contributed by atoms with E-state index >= 15 is 0 Å². The molecule has 0 saturated carbocycles.